The SMILES string of the molecule is [CH2]C(O)C=CC=O. The maximum Gasteiger partial charge on any atom is 0.142 e. The van der Waals surface area contributed by atoms with Crippen LogP contribution < -0.4 is 0 Å². The summed E-state index contributed by atoms with van der Waals surface area (Å²) >= 11 is 0. The van der Waals surface area contributed by atoms with Crippen molar-refractivity contribution in [2.75, 3.05) is 0 Å². The van der Waals surface area contributed by atoms with Crippen LogP contribution in [0.4, 0.5) is 0 Å². The molecule has 1 N–H and O–H groups in total. The molecule has 0 aliphatic rings. The fourth-order valence-electron chi connectivity index (χ4n) is 0.174. The first-order valence-corrected chi connectivity index (χ1v) is 1.90. The first-order valence-electron chi connectivity index (χ1n) is 1.90. The standard InChI is InChI=1S/C5H7O2/c1-5(7)3-2-4-6/h2-5,7H,1H2. The normalized spacial score (nSPS) is 14.6. The number of carbonyl (C=O) groups is 1. The smallest absolute Gasteiger partial charge is 0.142 e. The number of carbonyl (C=O) groups excluding carboxylic acids is 1. The number of hydrogen-bond donors (Lipinski definition) is 1. The lowest BCUT2D eigenvalue weighted by molar-refractivity contribution is -0.104. The Bertz CT molecular complexity index is 74.1. The molecule has 1 unspecified atom stereocenters. The van der Waals surface area contributed by atoms with Gasteiger partial charge in [0, 0.05) is 0 Å². The zero-order valence-electron chi connectivity index (χ0n) is 3.87. The maximum absolute atomic E-state index is 9.48. The Morgan fingerprint density at radius 2 is 2.29 bits per heavy atom. The van der Waals surface area contributed by atoms with E-state index in [1.54, 1.807) is 0 Å². The van der Waals surface area contributed by atoms with Crippen LogP contribution in [-0.4, -0.2) is 17.5 Å². The average Bonchev–Trinajstić information content (AvgIpc) is 1.61. The van der Waals surface area contributed by atoms with E-state index in [1.807, 2.05) is 0 Å². The second-order valence-electron chi connectivity index (χ2n) is 1.09. The minimum atomic E-state index is -0.759. The van der Waals surface area contributed by atoms with Gasteiger partial charge in [-0.25, -0.2) is 0 Å². The van der Waals surface area contributed by atoms with Crippen molar-refractivity contribution in [2.45, 2.75) is 6.10 Å². The largest absolute Gasteiger partial charge is 0.389 e. The van der Waals surface area contributed by atoms with E-state index < -0.39 is 6.10 Å². The van der Waals surface area contributed by atoms with Crippen LogP contribution in [0.2, 0.25) is 0 Å². The van der Waals surface area contributed by atoms with Gasteiger partial charge in [-0.1, -0.05) is 6.08 Å². The third kappa shape index (κ3) is 5.37. The maximum atomic E-state index is 9.48. The molecule has 0 saturated heterocycles. The predicted molar refractivity (Wildman–Crippen MR) is 26.6 cm³/mol. The van der Waals surface area contributed by atoms with E-state index in [9.17, 15) is 4.79 Å². The number of aldehydes is 1. The van der Waals surface area contributed by atoms with Crippen LogP contribution in [0.15, 0.2) is 12.2 Å². The zero-order chi connectivity index (χ0) is 5.70. The monoisotopic (exact) mass is 99.0 g/mol. The van der Waals surface area contributed by atoms with Crippen molar-refractivity contribution in [3.63, 3.8) is 0 Å². The molecule has 0 aromatic heterocycles. The minimum Gasteiger partial charge on any atom is -0.389 e. The van der Waals surface area contributed by atoms with Gasteiger partial charge in [0.2, 0.25) is 0 Å². The summed E-state index contributed by atoms with van der Waals surface area (Å²) in [6.45, 7) is 3.19. The van der Waals surface area contributed by atoms with Crippen molar-refractivity contribution < 1.29 is 9.90 Å². The topological polar surface area (TPSA) is 37.3 Å². The Morgan fingerprint density at radius 1 is 1.71 bits per heavy atom. The highest BCUT2D eigenvalue weighted by Gasteiger charge is 1.80. The highest BCUT2D eigenvalue weighted by Crippen LogP contribution is 1.77. The molecule has 0 fully saturated rings. The molecule has 0 saturated carbocycles. The van der Waals surface area contributed by atoms with Crippen LogP contribution in [0.3, 0.4) is 0 Å². The van der Waals surface area contributed by atoms with Crippen LogP contribution in [-0.2, 0) is 4.79 Å². The molecule has 0 bridgehead atoms. The molecule has 0 spiro atoms. The van der Waals surface area contributed by atoms with Crippen molar-refractivity contribution in [2.24, 2.45) is 0 Å². The third-order valence-electron chi connectivity index (χ3n) is 0.412. The number of aliphatic hydroxyl groups excluding tert-OH is 1. The molecule has 0 rings (SSSR count). The first-order chi connectivity index (χ1) is 3.27. The molecule has 2 nitrogen and oxygen atoms in total. The summed E-state index contributed by atoms with van der Waals surface area (Å²) in [5.74, 6) is 0. The van der Waals surface area contributed by atoms with Crippen LogP contribution in [0.5, 0.6) is 0 Å². The quantitative estimate of drug-likeness (QED) is 0.389. The molecule has 0 aliphatic heterocycles. The molecule has 1 radical (unpaired) electrons. The van der Waals surface area contributed by atoms with Gasteiger partial charge in [-0.3, -0.25) is 4.79 Å². The van der Waals surface area contributed by atoms with E-state index in [2.05, 4.69) is 6.92 Å². The van der Waals surface area contributed by atoms with Crippen LogP contribution in [0.25, 0.3) is 0 Å². The third-order valence-corrected chi connectivity index (χ3v) is 0.412. The summed E-state index contributed by atoms with van der Waals surface area (Å²) in [6, 6.07) is 0. The lowest BCUT2D eigenvalue weighted by Gasteiger charge is -1.86. The van der Waals surface area contributed by atoms with Crippen LogP contribution >= 0.6 is 0 Å². The molecule has 0 aliphatic carbocycles. The van der Waals surface area contributed by atoms with Crippen LogP contribution in [0.1, 0.15) is 0 Å². The van der Waals surface area contributed by atoms with Crippen molar-refractivity contribution >= 4 is 6.29 Å². The van der Waals surface area contributed by atoms with E-state index in [-0.39, 0.29) is 0 Å². The number of allylic oxidation sites excluding steroid dienone is 1. The highest BCUT2D eigenvalue weighted by atomic mass is 16.3. The Hall–Kier alpha value is -0.630. The van der Waals surface area contributed by atoms with E-state index in [1.165, 1.54) is 12.2 Å². The van der Waals surface area contributed by atoms with Gasteiger partial charge in [0.25, 0.3) is 0 Å². The van der Waals surface area contributed by atoms with E-state index in [0.717, 1.165) is 0 Å². The summed E-state index contributed by atoms with van der Waals surface area (Å²) in [7, 11) is 0. The van der Waals surface area contributed by atoms with Gasteiger partial charge in [0.15, 0.2) is 0 Å². The number of hydrogen-bond acceptors (Lipinski definition) is 2. The minimum absolute atomic E-state index is 0.592. The van der Waals surface area contributed by atoms with E-state index in [4.69, 9.17) is 5.11 Å². The molecule has 0 amide bonds. The second-order valence-corrected chi connectivity index (χ2v) is 1.09. The summed E-state index contributed by atoms with van der Waals surface area (Å²) in [5, 5.41) is 8.33. The summed E-state index contributed by atoms with van der Waals surface area (Å²) < 4.78 is 0. The second kappa shape index (κ2) is 3.56. The molecule has 7 heavy (non-hydrogen) atoms. The summed E-state index contributed by atoms with van der Waals surface area (Å²) in [5.41, 5.74) is 0. The molecule has 2 heteroatoms. The predicted octanol–water partition coefficient (Wildman–Crippen LogP) is -0.0635. The molecular weight excluding hydrogens is 92.1 g/mol. The highest BCUT2D eigenvalue weighted by molar-refractivity contribution is 5.64. The number of aliphatic hydroxyl groups is 1. The van der Waals surface area contributed by atoms with Gasteiger partial charge in [-0.05, 0) is 13.0 Å². The van der Waals surface area contributed by atoms with Crippen molar-refractivity contribution in [1.82, 2.24) is 0 Å². The zero-order valence-corrected chi connectivity index (χ0v) is 3.87. The van der Waals surface area contributed by atoms with Gasteiger partial charge in [-0.2, -0.15) is 0 Å². The fraction of sp³-hybridized carbons (Fsp3) is 0.200. The molecule has 0 aromatic carbocycles. The Balaban J connectivity index is 3.25. The van der Waals surface area contributed by atoms with Gasteiger partial charge in [-0.15, -0.1) is 0 Å². The van der Waals surface area contributed by atoms with E-state index >= 15 is 0 Å². The number of rotatable bonds is 2. The van der Waals surface area contributed by atoms with Crippen molar-refractivity contribution in [1.29, 1.82) is 0 Å². The van der Waals surface area contributed by atoms with Gasteiger partial charge in [0.1, 0.15) is 6.29 Å². The van der Waals surface area contributed by atoms with Crippen molar-refractivity contribution in [3.8, 4) is 0 Å². The van der Waals surface area contributed by atoms with Gasteiger partial charge < -0.3 is 5.11 Å². The lowest BCUT2D eigenvalue weighted by Crippen LogP contribution is -1.91. The molecule has 39 valence electrons. The molecule has 0 aromatic rings. The van der Waals surface area contributed by atoms with E-state index in [0.29, 0.717) is 6.29 Å². The average molecular weight is 99.1 g/mol. The van der Waals surface area contributed by atoms with Crippen LogP contribution in [0, 0.1) is 6.92 Å². The lowest BCUT2D eigenvalue weighted by atomic mass is 10.4. The Kier molecular flexibility index (Phi) is 3.24. The fourth-order valence-corrected chi connectivity index (χ4v) is 0.174. The first kappa shape index (κ1) is 6.37. The molecule has 0 heterocycles. The summed E-state index contributed by atoms with van der Waals surface area (Å²) in [6.07, 6.45) is 2.34. The van der Waals surface area contributed by atoms with Crippen molar-refractivity contribution in [3.05, 3.63) is 19.1 Å². The van der Waals surface area contributed by atoms with Gasteiger partial charge in [0.05, 0.1) is 6.10 Å². The Labute approximate surface area is 42.5 Å². The Morgan fingerprint density at radius 3 is 2.43 bits per heavy atom. The van der Waals surface area contributed by atoms with Gasteiger partial charge >= 0.3 is 0 Å². The summed E-state index contributed by atoms with van der Waals surface area (Å²) in [4.78, 5) is 9.48. The molecular formula is C5H7O2. The molecule has 1 atom stereocenters.